The average molecular weight is 389 g/mol. The number of H-pyrrole nitrogens is 1. The second kappa shape index (κ2) is 6.89. The van der Waals surface area contributed by atoms with Crippen LogP contribution in [0.3, 0.4) is 0 Å². The van der Waals surface area contributed by atoms with Crippen molar-refractivity contribution in [3.63, 3.8) is 0 Å². The molecule has 5 rings (SSSR count). The van der Waals surface area contributed by atoms with Crippen molar-refractivity contribution in [3.8, 4) is 5.69 Å². The van der Waals surface area contributed by atoms with Crippen LogP contribution < -0.4 is 11.2 Å². The number of hydrogen-bond acceptors (Lipinski definition) is 4. The summed E-state index contributed by atoms with van der Waals surface area (Å²) in [6.45, 7) is 2.59. The first kappa shape index (κ1) is 17.2. The quantitative estimate of drug-likeness (QED) is 0.585. The number of aromatic amines is 1. The lowest BCUT2D eigenvalue weighted by molar-refractivity contribution is 0.249. The highest BCUT2D eigenvalue weighted by Crippen LogP contribution is 2.32. The largest absolute Gasteiger partial charge is 0.334 e. The Morgan fingerprint density at radius 2 is 1.68 bits per heavy atom. The van der Waals surface area contributed by atoms with E-state index in [9.17, 15) is 9.59 Å². The summed E-state index contributed by atoms with van der Waals surface area (Å²) in [7, 11) is 0. The van der Waals surface area contributed by atoms with Gasteiger partial charge in [-0.25, -0.2) is 9.36 Å². The van der Waals surface area contributed by atoms with Gasteiger partial charge in [-0.2, -0.15) is 0 Å². The molecule has 6 heteroatoms. The van der Waals surface area contributed by atoms with E-state index in [2.05, 4.69) is 34.1 Å². The Balaban J connectivity index is 1.56. The van der Waals surface area contributed by atoms with Crippen LogP contribution in [0.5, 0.6) is 0 Å². The highest BCUT2D eigenvalue weighted by Gasteiger charge is 2.24. The minimum atomic E-state index is -0.386. The fourth-order valence-corrected chi connectivity index (χ4v) is 5.19. The molecule has 3 heterocycles. The van der Waals surface area contributed by atoms with E-state index in [1.165, 1.54) is 26.3 Å². The van der Waals surface area contributed by atoms with Crippen molar-refractivity contribution < 1.29 is 0 Å². The van der Waals surface area contributed by atoms with Crippen molar-refractivity contribution in [2.24, 2.45) is 0 Å². The Morgan fingerprint density at radius 3 is 2.43 bits per heavy atom. The summed E-state index contributed by atoms with van der Waals surface area (Å²) < 4.78 is 1.24. The average Bonchev–Trinajstić information content (AvgIpc) is 3.07. The first-order valence-corrected chi connectivity index (χ1v) is 10.1. The van der Waals surface area contributed by atoms with Crippen LogP contribution in [-0.4, -0.2) is 21.0 Å². The number of thiophene rings is 1. The summed E-state index contributed by atoms with van der Waals surface area (Å²) in [5.74, 6) is 0. The summed E-state index contributed by atoms with van der Waals surface area (Å²) in [5.41, 5.74) is 2.36. The second-order valence-corrected chi connectivity index (χ2v) is 8.17. The Hall–Kier alpha value is -2.96. The number of nitrogens with one attached hydrogen (secondary N) is 1. The molecule has 1 N–H and O–H groups in total. The zero-order chi connectivity index (χ0) is 19.1. The molecular weight excluding hydrogens is 370 g/mol. The number of benzene rings is 2. The highest BCUT2D eigenvalue weighted by molar-refractivity contribution is 7.18. The summed E-state index contributed by atoms with van der Waals surface area (Å²) in [6, 6.07) is 19.5. The molecule has 0 bridgehead atoms. The van der Waals surface area contributed by atoms with Gasteiger partial charge in [-0.15, -0.1) is 11.3 Å². The summed E-state index contributed by atoms with van der Waals surface area (Å²) in [5, 5.41) is 0.669. The number of aromatic nitrogens is 2. The van der Waals surface area contributed by atoms with Crippen molar-refractivity contribution in [1.82, 2.24) is 14.5 Å². The molecular formula is C22H19N3O2S. The Bertz CT molecular complexity index is 1260. The maximum absolute atomic E-state index is 13.2. The number of nitrogens with zero attached hydrogens (tertiary/aromatic N) is 2. The highest BCUT2D eigenvalue weighted by atomic mass is 32.1. The maximum Gasteiger partial charge on any atom is 0.334 e. The molecule has 1 aliphatic heterocycles. The van der Waals surface area contributed by atoms with E-state index in [1.54, 1.807) is 12.1 Å². The molecule has 5 nitrogen and oxygen atoms in total. The predicted octanol–water partition coefficient (Wildman–Crippen LogP) is 3.30. The van der Waals surface area contributed by atoms with Crippen LogP contribution in [0, 0.1) is 0 Å². The fourth-order valence-electron chi connectivity index (χ4n) is 3.92. The predicted molar refractivity (Wildman–Crippen MR) is 112 cm³/mol. The van der Waals surface area contributed by atoms with Crippen LogP contribution in [-0.2, 0) is 19.5 Å². The third-order valence-electron chi connectivity index (χ3n) is 5.24. The van der Waals surface area contributed by atoms with Crippen LogP contribution in [0.15, 0.2) is 70.3 Å². The van der Waals surface area contributed by atoms with Crippen LogP contribution in [0.25, 0.3) is 15.9 Å². The van der Waals surface area contributed by atoms with Crippen molar-refractivity contribution in [3.05, 3.63) is 97.5 Å². The molecule has 0 saturated heterocycles. The fraction of sp³-hybridized carbons (Fsp3) is 0.182. The molecule has 140 valence electrons. The zero-order valence-corrected chi connectivity index (χ0v) is 16.0. The monoisotopic (exact) mass is 389 g/mol. The molecule has 0 amide bonds. The number of para-hydroxylation sites is 1. The Morgan fingerprint density at radius 1 is 0.964 bits per heavy atom. The molecule has 0 spiro atoms. The van der Waals surface area contributed by atoms with E-state index in [1.807, 2.05) is 24.3 Å². The maximum atomic E-state index is 13.2. The van der Waals surface area contributed by atoms with Gasteiger partial charge in [-0.3, -0.25) is 14.7 Å². The molecule has 2 aromatic heterocycles. The standard InChI is InChI=1S/C22H19N3O2S/c26-21-19-17-11-12-24(13-15-7-3-1-4-8-15)14-18(17)28-20(19)23-22(27)25(21)16-9-5-2-6-10-16/h1-10H,11-14H2,(H,23,27). The van der Waals surface area contributed by atoms with Crippen LogP contribution >= 0.6 is 11.3 Å². The summed E-state index contributed by atoms with van der Waals surface area (Å²) in [4.78, 5) is 32.9. The van der Waals surface area contributed by atoms with E-state index in [0.29, 0.717) is 15.9 Å². The summed E-state index contributed by atoms with van der Waals surface area (Å²) >= 11 is 1.54. The third-order valence-corrected chi connectivity index (χ3v) is 6.37. The van der Waals surface area contributed by atoms with Gasteiger partial charge >= 0.3 is 5.69 Å². The molecule has 2 aromatic carbocycles. The lowest BCUT2D eigenvalue weighted by Gasteiger charge is -2.26. The number of rotatable bonds is 3. The Labute approximate surface area is 165 Å². The van der Waals surface area contributed by atoms with E-state index < -0.39 is 0 Å². The van der Waals surface area contributed by atoms with Gasteiger partial charge in [0.25, 0.3) is 5.56 Å². The zero-order valence-electron chi connectivity index (χ0n) is 15.2. The SMILES string of the molecule is O=c1[nH]c2sc3c(c2c(=O)n1-c1ccccc1)CCN(Cc1ccccc1)C3. The molecule has 0 saturated carbocycles. The normalized spacial score (nSPS) is 14.3. The van der Waals surface area contributed by atoms with Crippen molar-refractivity contribution in [2.45, 2.75) is 19.5 Å². The third kappa shape index (κ3) is 2.91. The van der Waals surface area contributed by atoms with Gasteiger partial charge in [-0.1, -0.05) is 48.5 Å². The van der Waals surface area contributed by atoms with Gasteiger partial charge in [0.2, 0.25) is 0 Å². The molecule has 0 radical (unpaired) electrons. The molecule has 0 aliphatic carbocycles. The molecule has 0 atom stereocenters. The van der Waals surface area contributed by atoms with Gasteiger partial charge in [0.1, 0.15) is 4.83 Å². The first-order valence-electron chi connectivity index (χ1n) is 9.32. The van der Waals surface area contributed by atoms with Crippen LogP contribution in [0.2, 0.25) is 0 Å². The molecule has 28 heavy (non-hydrogen) atoms. The van der Waals surface area contributed by atoms with Gasteiger partial charge in [0.05, 0.1) is 11.1 Å². The molecule has 4 aromatic rings. The topological polar surface area (TPSA) is 58.1 Å². The number of hydrogen-bond donors (Lipinski definition) is 1. The lowest BCUT2D eigenvalue weighted by Crippen LogP contribution is -2.34. The van der Waals surface area contributed by atoms with Gasteiger partial charge in [0, 0.05) is 24.5 Å². The first-order chi connectivity index (χ1) is 13.7. The van der Waals surface area contributed by atoms with Gasteiger partial charge in [0.15, 0.2) is 0 Å². The lowest BCUT2D eigenvalue weighted by atomic mass is 10.0. The minimum Gasteiger partial charge on any atom is -0.298 e. The molecule has 1 aliphatic rings. The minimum absolute atomic E-state index is 0.223. The van der Waals surface area contributed by atoms with Gasteiger partial charge < -0.3 is 0 Å². The van der Waals surface area contributed by atoms with Crippen molar-refractivity contribution >= 4 is 21.6 Å². The molecule has 0 fully saturated rings. The Kier molecular flexibility index (Phi) is 4.22. The van der Waals surface area contributed by atoms with Gasteiger partial charge in [-0.05, 0) is 29.7 Å². The second-order valence-electron chi connectivity index (χ2n) is 7.06. The molecule has 0 unspecified atom stereocenters. The number of fused-ring (bicyclic) bond motifs is 3. The van der Waals surface area contributed by atoms with Crippen molar-refractivity contribution in [2.75, 3.05) is 6.54 Å². The van der Waals surface area contributed by atoms with E-state index in [0.717, 1.165) is 31.6 Å². The van der Waals surface area contributed by atoms with E-state index in [-0.39, 0.29) is 11.2 Å². The van der Waals surface area contributed by atoms with E-state index >= 15 is 0 Å². The van der Waals surface area contributed by atoms with Crippen LogP contribution in [0.4, 0.5) is 0 Å². The van der Waals surface area contributed by atoms with Crippen molar-refractivity contribution in [1.29, 1.82) is 0 Å². The smallest absolute Gasteiger partial charge is 0.298 e. The van der Waals surface area contributed by atoms with Crippen LogP contribution in [0.1, 0.15) is 16.0 Å². The summed E-state index contributed by atoms with van der Waals surface area (Å²) in [6.07, 6.45) is 0.818. The van der Waals surface area contributed by atoms with E-state index in [4.69, 9.17) is 0 Å².